The molecule has 0 saturated carbocycles. The smallest absolute Gasteiger partial charge is 0.120 e. The molecule has 0 unspecified atom stereocenters. The maximum atomic E-state index is 6.37. The van der Waals surface area contributed by atoms with Gasteiger partial charge in [0.05, 0.1) is 0 Å². The molecule has 3 saturated heterocycles. The number of benzene rings is 2. The standard InChI is InChI=1S/C20H21NO.ClH/c1-2-4-18-15(3-1)11-16-12-17(5-6-19(16)18)22-20-13-21-9-7-14(20)8-10-21;/h1-6,12,14,20H,7-11,13H2;1H/t20-;/m0./s1. The van der Waals surface area contributed by atoms with Gasteiger partial charge < -0.3 is 4.74 Å². The minimum atomic E-state index is 0. The predicted octanol–water partition coefficient (Wildman–Crippen LogP) is 4.15. The van der Waals surface area contributed by atoms with E-state index in [9.17, 15) is 0 Å². The van der Waals surface area contributed by atoms with Crippen LogP contribution in [0.15, 0.2) is 42.5 Å². The molecule has 4 aliphatic rings. The van der Waals surface area contributed by atoms with Crippen molar-refractivity contribution in [2.24, 2.45) is 5.92 Å². The summed E-state index contributed by atoms with van der Waals surface area (Å²) in [5.74, 6) is 1.82. The Morgan fingerprint density at radius 3 is 2.48 bits per heavy atom. The van der Waals surface area contributed by atoms with Gasteiger partial charge >= 0.3 is 0 Å². The Bertz CT molecular complexity index is 721. The van der Waals surface area contributed by atoms with Crippen molar-refractivity contribution < 1.29 is 4.74 Å². The lowest BCUT2D eigenvalue weighted by Crippen LogP contribution is -2.52. The van der Waals surface area contributed by atoms with Crippen LogP contribution in [0.3, 0.4) is 0 Å². The zero-order valence-electron chi connectivity index (χ0n) is 13.2. The second-order valence-electron chi connectivity index (χ2n) is 6.95. The summed E-state index contributed by atoms with van der Waals surface area (Å²) in [5.41, 5.74) is 5.64. The predicted molar refractivity (Wildman–Crippen MR) is 95.5 cm³/mol. The van der Waals surface area contributed by atoms with Crippen LogP contribution < -0.4 is 4.74 Å². The van der Waals surface area contributed by atoms with Crippen LogP contribution in [0.2, 0.25) is 0 Å². The van der Waals surface area contributed by atoms with Gasteiger partial charge in [-0.1, -0.05) is 30.3 Å². The third-order valence-electron chi connectivity index (χ3n) is 5.65. The number of halogens is 1. The first-order valence-corrected chi connectivity index (χ1v) is 8.47. The molecule has 1 aliphatic carbocycles. The number of hydrogen-bond acceptors (Lipinski definition) is 2. The fourth-order valence-electron chi connectivity index (χ4n) is 4.41. The first kappa shape index (κ1) is 15.0. The number of piperidine rings is 3. The summed E-state index contributed by atoms with van der Waals surface area (Å²) in [4.78, 5) is 2.55. The fourth-order valence-corrected chi connectivity index (χ4v) is 4.41. The van der Waals surface area contributed by atoms with Gasteiger partial charge in [0.1, 0.15) is 11.9 Å². The van der Waals surface area contributed by atoms with Gasteiger partial charge in [-0.15, -0.1) is 12.4 Å². The van der Waals surface area contributed by atoms with Crippen LogP contribution >= 0.6 is 12.4 Å². The Morgan fingerprint density at radius 2 is 1.70 bits per heavy atom. The SMILES string of the molecule is Cl.c1ccc2c(c1)Cc1cc(O[C@H]3CN4CCC3CC4)ccc1-2. The highest BCUT2D eigenvalue weighted by atomic mass is 35.5. The van der Waals surface area contributed by atoms with Crippen molar-refractivity contribution in [3.63, 3.8) is 0 Å². The van der Waals surface area contributed by atoms with Gasteiger partial charge in [-0.05, 0) is 72.7 Å². The van der Waals surface area contributed by atoms with E-state index in [1.807, 2.05) is 0 Å². The van der Waals surface area contributed by atoms with Crippen LogP contribution in [0, 0.1) is 5.92 Å². The van der Waals surface area contributed by atoms with Crippen molar-refractivity contribution in [2.75, 3.05) is 19.6 Å². The van der Waals surface area contributed by atoms with Gasteiger partial charge in [-0.3, -0.25) is 4.90 Å². The van der Waals surface area contributed by atoms with E-state index in [0.717, 1.165) is 24.6 Å². The molecule has 3 aliphatic heterocycles. The number of rotatable bonds is 2. The van der Waals surface area contributed by atoms with Crippen molar-refractivity contribution in [3.8, 4) is 16.9 Å². The Labute approximate surface area is 143 Å². The third-order valence-corrected chi connectivity index (χ3v) is 5.65. The second kappa shape index (κ2) is 5.85. The van der Waals surface area contributed by atoms with Crippen molar-refractivity contribution in [1.82, 2.24) is 4.90 Å². The average Bonchev–Trinajstić information content (AvgIpc) is 2.93. The van der Waals surface area contributed by atoms with E-state index in [-0.39, 0.29) is 12.4 Å². The molecule has 0 amide bonds. The van der Waals surface area contributed by atoms with Crippen LogP contribution in [-0.4, -0.2) is 30.6 Å². The zero-order chi connectivity index (χ0) is 14.5. The highest BCUT2D eigenvalue weighted by molar-refractivity contribution is 5.85. The highest BCUT2D eigenvalue weighted by Gasteiger charge is 2.35. The normalized spacial score (nSPS) is 27.0. The second-order valence-corrected chi connectivity index (χ2v) is 6.95. The van der Waals surface area contributed by atoms with Gasteiger partial charge in [0, 0.05) is 6.54 Å². The molecule has 0 N–H and O–H groups in total. The zero-order valence-corrected chi connectivity index (χ0v) is 14.0. The molecule has 6 rings (SSSR count). The van der Waals surface area contributed by atoms with Gasteiger partial charge in [-0.2, -0.15) is 0 Å². The molecule has 0 spiro atoms. The first-order valence-electron chi connectivity index (χ1n) is 8.47. The lowest BCUT2D eigenvalue weighted by atomic mass is 9.86. The topological polar surface area (TPSA) is 12.5 Å². The third kappa shape index (κ3) is 2.54. The maximum absolute atomic E-state index is 6.37. The Balaban J connectivity index is 0.00000135. The Kier molecular flexibility index (Phi) is 3.82. The first-order chi connectivity index (χ1) is 10.9. The summed E-state index contributed by atoms with van der Waals surface area (Å²) in [6, 6.07) is 15.4. The van der Waals surface area contributed by atoms with E-state index in [4.69, 9.17) is 4.74 Å². The van der Waals surface area contributed by atoms with Crippen molar-refractivity contribution in [1.29, 1.82) is 0 Å². The van der Waals surface area contributed by atoms with Crippen LogP contribution in [0.4, 0.5) is 0 Å². The van der Waals surface area contributed by atoms with E-state index in [1.54, 1.807) is 0 Å². The largest absolute Gasteiger partial charge is 0.489 e. The summed E-state index contributed by atoms with van der Waals surface area (Å²) in [7, 11) is 0. The van der Waals surface area contributed by atoms with Crippen LogP contribution in [0.1, 0.15) is 24.0 Å². The highest BCUT2D eigenvalue weighted by Crippen LogP contribution is 2.39. The maximum Gasteiger partial charge on any atom is 0.120 e. The summed E-state index contributed by atoms with van der Waals surface area (Å²) in [6.45, 7) is 3.65. The van der Waals surface area contributed by atoms with E-state index >= 15 is 0 Å². The summed E-state index contributed by atoms with van der Waals surface area (Å²) in [5, 5.41) is 0. The molecule has 3 heterocycles. The molecule has 1 atom stereocenters. The number of ether oxygens (including phenoxy) is 1. The molecule has 2 nitrogen and oxygen atoms in total. The average molecular weight is 328 g/mol. The Morgan fingerprint density at radius 1 is 0.913 bits per heavy atom. The van der Waals surface area contributed by atoms with E-state index < -0.39 is 0 Å². The molecule has 0 aromatic heterocycles. The quantitative estimate of drug-likeness (QED) is 0.701. The number of hydrogen-bond donors (Lipinski definition) is 0. The van der Waals surface area contributed by atoms with Gasteiger partial charge in [0.15, 0.2) is 0 Å². The van der Waals surface area contributed by atoms with E-state index in [1.165, 1.54) is 48.2 Å². The van der Waals surface area contributed by atoms with Crippen molar-refractivity contribution in [2.45, 2.75) is 25.4 Å². The molecule has 2 bridgehead atoms. The molecule has 2 aromatic rings. The lowest BCUT2D eigenvalue weighted by Gasteiger charge is -2.44. The lowest BCUT2D eigenvalue weighted by molar-refractivity contribution is -0.00777. The molecule has 0 radical (unpaired) electrons. The van der Waals surface area contributed by atoms with Crippen LogP contribution in [0.25, 0.3) is 11.1 Å². The fraction of sp³-hybridized carbons (Fsp3) is 0.400. The Hall–Kier alpha value is -1.51. The van der Waals surface area contributed by atoms with Crippen LogP contribution in [0.5, 0.6) is 5.75 Å². The number of nitrogens with zero attached hydrogens (tertiary/aromatic N) is 1. The summed E-state index contributed by atoms with van der Waals surface area (Å²) < 4.78 is 6.37. The van der Waals surface area contributed by atoms with Gasteiger partial charge in [0.2, 0.25) is 0 Å². The molecule has 2 aromatic carbocycles. The molecule has 120 valence electrons. The van der Waals surface area contributed by atoms with Gasteiger partial charge in [0.25, 0.3) is 0 Å². The molecular formula is C20H22ClNO. The monoisotopic (exact) mass is 327 g/mol. The molecule has 23 heavy (non-hydrogen) atoms. The molecule has 3 heteroatoms. The van der Waals surface area contributed by atoms with E-state index in [2.05, 4.69) is 47.4 Å². The minimum Gasteiger partial charge on any atom is -0.489 e. The molecule has 3 fully saturated rings. The summed E-state index contributed by atoms with van der Waals surface area (Å²) in [6.07, 6.45) is 4.05. The number of fused-ring (bicyclic) bond motifs is 6. The minimum absolute atomic E-state index is 0. The molecular weight excluding hydrogens is 306 g/mol. The van der Waals surface area contributed by atoms with Crippen LogP contribution in [-0.2, 0) is 6.42 Å². The van der Waals surface area contributed by atoms with Crippen molar-refractivity contribution >= 4 is 12.4 Å². The van der Waals surface area contributed by atoms with Gasteiger partial charge in [-0.25, -0.2) is 0 Å². The van der Waals surface area contributed by atoms with E-state index in [0.29, 0.717) is 6.10 Å². The van der Waals surface area contributed by atoms with Crippen molar-refractivity contribution in [3.05, 3.63) is 53.6 Å². The summed E-state index contributed by atoms with van der Waals surface area (Å²) >= 11 is 0.